The summed E-state index contributed by atoms with van der Waals surface area (Å²) >= 11 is 0. The highest BCUT2D eigenvalue weighted by molar-refractivity contribution is 4.55. The molecule has 2 heteroatoms. The molecule has 2 nitrogen and oxygen atoms in total. The van der Waals surface area contributed by atoms with Gasteiger partial charge in [-0.2, -0.15) is 0 Å². The summed E-state index contributed by atoms with van der Waals surface area (Å²) in [6, 6.07) is 0. The highest BCUT2D eigenvalue weighted by Gasteiger charge is 1.84. The SMILES string of the molecule is C=CNC.CCCCCOCCC. The maximum atomic E-state index is 5.28. The number of hydrogen-bond acceptors (Lipinski definition) is 2. The van der Waals surface area contributed by atoms with Crippen LogP contribution in [0.15, 0.2) is 12.8 Å². The van der Waals surface area contributed by atoms with Gasteiger partial charge in [0.1, 0.15) is 0 Å². The first-order valence-corrected chi connectivity index (χ1v) is 5.19. The Labute approximate surface area is 83.4 Å². The first-order valence-electron chi connectivity index (χ1n) is 5.19. The van der Waals surface area contributed by atoms with Gasteiger partial charge in [0, 0.05) is 20.3 Å². The lowest BCUT2D eigenvalue weighted by atomic mass is 10.3. The van der Waals surface area contributed by atoms with Gasteiger partial charge in [-0.1, -0.05) is 33.3 Å². The predicted molar refractivity (Wildman–Crippen MR) is 59.9 cm³/mol. The van der Waals surface area contributed by atoms with Crippen molar-refractivity contribution in [1.82, 2.24) is 5.32 Å². The Kier molecular flexibility index (Phi) is 20.2. The van der Waals surface area contributed by atoms with Gasteiger partial charge in [0.05, 0.1) is 0 Å². The van der Waals surface area contributed by atoms with Crippen molar-refractivity contribution in [2.45, 2.75) is 39.5 Å². The fraction of sp³-hybridized carbons (Fsp3) is 0.818. The lowest BCUT2D eigenvalue weighted by Crippen LogP contribution is -1.94. The fourth-order valence-corrected chi connectivity index (χ4v) is 0.701. The van der Waals surface area contributed by atoms with E-state index in [0.717, 1.165) is 19.6 Å². The van der Waals surface area contributed by atoms with Crippen LogP contribution in [0.25, 0.3) is 0 Å². The molecular weight excluding hydrogens is 162 g/mol. The van der Waals surface area contributed by atoms with Gasteiger partial charge in [0.25, 0.3) is 0 Å². The molecule has 0 rings (SSSR count). The van der Waals surface area contributed by atoms with Crippen LogP contribution in [0.1, 0.15) is 39.5 Å². The molecule has 0 radical (unpaired) electrons. The quantitative estimate of drug-likeness (QED) is 0.619. The van der Waals surface area contributed by atoms with Gasteiger partial charge < -0.3 is 10.1 Å². The normalized spacial score (nSPS) is 8.54. The van der Waals surface area contributed by atoms with Gasteiger partial charge in [-0.15, -0.1) is 0 Å². The second kappa shape index (κ2) is 17.5. The molecule has 0 fully saturated rings. The molecule has 0 aliphatic heterocycles. The van der Waals surface area contributed by atoms with Crippen molar-refractivity contribution < 1.29 is 4.74 Å². The molecular formula is C11H25NO. The maximum absolute atomic E-state index is 5.28. The summed E-state index contributed by atoms with van der Waals surface area (Å²) in [4.78, 5) is 0. The van der Waals surface area contributed by atoms with E-state index in [0.29, 0.717) is 0 Å². The lowest BCUT2D eigenvalue weighted by Gasteiger charge is -1.99. The number of nitrogens with one attached hydrogen (secondary N) is 1. The zero-order valence-electron chi connectivity index (χ0n) is 9.44. The van der Waals surface area contributed by atoms with E-state index in [1.165, 1.54) is 19.3 Å². The second-order valence-corrected chi connectivity index (χ2v) is 2.81. The Bertz CT molecular complexity index is 78.2. The molecule has 0 bridgehead atoms. The van der Waals surface area contributed by atoms with Crippen LogP contribution in [0.2, 0.25) is 0 Å². The molecule has 0 aromatic rings. The fourth-order valence-electron chi connectivity index (χ4n) is 0.701. The summed E-state index contributed by atoms with van der Waals surface area (Å²) < 4.78 is 5.28. The van der Waals surface area contributed by atoms with Crippen LogP contribution in [0.5, 0.6) is 0 Å². The van der Waals surface area contributed by atoms with Crippen molar-refractivity contribution >= 4 is 0 Å². The van der Waals surface area contributed by atoms with Crippen LogP contribution < -0.4 is 5.32 Å². The second-order valence-electron chi connectivity index (χ2n) is 2.81. The van der Waals surface area contributed by atoms with Crippen LogP contribution in [0.4, 0.5) is 0 Å². The number of hydrogen-bond donors (Lipinski definition) is 1. The van der Waals surface area contributed by atoms with E-state index in [4.69, 9.17) is 4.74 Å². The zero-order valence-corrected chi connectivity index (χ0v) is 9.44. The van der Waals surface area contributed by atoms with Crippen LogP contribution >= 0.6 is 0 Å². The van der Waals surface area contributed by atoms with E-state index in [-0.39, 0.29) is 0 Å². The molecule has 0 amide bonds. The van der Waals surface area contributed by atoms with Crippen LogP contribution in [-0.2, 0) is 4.74 Å². The largest absolute Gasteiger partial charge is 0.394 e. The number of ether oxygens (including phenoxy) is 1. The van der Waals surface area contributed by atoms with Gasteiger partial charge in [0.2, 0.25) is 0 Å². The van der Waals surface area contributed by atoms with E-state index in [9.17, 15) is 0 Å². The van der Waals surface area contributed by atoms with Gasteiger partial charge in [-0.05, 0) is 19.0 Å². The Morgan fingerprint density at radius 1 is 1.15 bits per heavy atom. The Balaban J connectivity index is 0. The molecule has 0 saturated heterocycles. The molecule has 13 heavy (non-hydrogen) atoms. The maximum Gasteiger partial charge on any atom is 0.0466 e. The van der Waals surface area contributed by atoms with Gasteiger partial charge >= 0.3 is 0 Å². The van der Waals surface area contributed by atoms with E-state index in [1.807, 2.05) is 7.05 Å². The third-order valence-electron chi connectivity index (χ3n) is 1.44. The molecule has 80 valence electrons. The Morgan fingerprint density at radius 3 is 2.15 bits per heavy atom. The molecule has 0 heterocycles. The first kappa shape index (κ1) is 15.0. The van der Waals surface area contributed by atoms with Gasteiger partial charge in [0.15, 0.2) is 0 Å². The average Bonchev–Trinajstić information content (AvgIpc) is 2.18. The Hall–Kier alpha value is -0.500. The van der Waals surface area contributed by atoms with Crippen LogP contribution in [0.3, 0.4) is 0 Å². The zero-order chi connectivity index (χ0) is 10.4. The van der Waals surface area contributed by atoms with E-state index in [1.54, 1.807) is 6.20 Å². The summed E-state index contributed by atoms with van der Waals surface area (Å²) in [6.07, 6.45) is 6.60. The minimum Gasteiger partial charge on any atom is -0.394 e. The Morgan fingerprint density at radius 2 is 1.77 bits per heavy atom. The number of unbranched alkanes of at least 4 members (excludes halogenated alkanes) is 2. The molecule has 0 spiro atoms. The predicted octanol–water partition coefficient (Wildman–Crippen LogP) is 2.95. The van der Waals surface area contributed by atoms with Crippen molar-refractivity contribution in [3.63, 3.8) is 0 Å². The molecule has 0 atom stereocenters. The van der Waals surface area contributed by atoms with E-state index >= 15 is 0 Å². The number of rotatable bonds is 7. The average molecular weight is 187 g/mol. The molecule has 0 unspecified atom stereocenters. The van der Waals surface area contributed by atoms with E-state index in [2.05, 4.69) is 25.7 Å². The highest BCUT2D eigenvalue weighted by Crippen LogP contribution is 1.93. The minimum absolute atomic E-state index is 0.934. The molecule has 0 aliphatic rings. The summed E-state index contributed by atoms with van der Waals surface area (Å²) in [5.74, 6) is 0. The molecule has 1 N–H and O–H groups in total. The third-order valence-corrected chi connectivity index (χ3v) is 1.44. The van der Waals surface area contributed by atoms with Crippen molar-refractivity contribution in [3.05, 3.63) is 12.8 Å². The third kappa shape index (κ3) is 24.6. The standard InChI is InChI=1S/C8H18O.C3H7N/c1-3-5-6-8-9-7-4-2;1-3-4-2/h3-8H2,1-2H3;3-4H,1H2,2H3. The van der Waals surface area contributed by atoms with E-state index < -0.39 is 0 Å². The monoisotopic (exact) mass is 187 g/mol. The summed E-state index contributed by atoms with van der Waals surface area (Å²) in [7, 11) is 1.81. The van der Waals surface area contributed by atoms with Crippen molar-refractivity contribution in [3.8, 4) is 0 Å². The molecule has 0 saturated carbocycles. The van der Waals surface area contributed by atoms with Crippen LogP contribution in [0, 0.1) is 0 Å². The first-order chi connectivity index (χ1) is 6.33. The lowest BCUT2D eigenvalue weighted by molar-refractivity contribution is 0.131. The van der Waals surface area contributed by atoms with Crippen molar-refractivity contribution in [2.24, 2.45) is 0 Å². The van der Waals surface area contributed by atoms with Gasteiger partial charge in [-0.25, -0.2) is 0 Å². The van der Waals surface area contributed by atoms with Gasteiger partial charge in [-0.3, -0.25) is 0 Å². The molecule has 0 aromatic carbocycles. The summed E-state index contributed by atoms with van der Waals surface area (Å²) in [6.45, 7) is 9.61. The highest BCUT2D eigenvalue weighted by atomic mass is 16.5. The molecule has 0 aliphatic carbocycles. The smallest absolute Gasteiger partial charge is 0.0466 e. The van der Waals surface area contributed by atoms with Crippen molar-refractivity contribution in [1.29, 1.82) is 0 Å². The van der Waals surface area contributed by atoms with Crippen LogP contribution in [-0.4, -0.2) is 20.3 Å². The summed E-state index contributed by atoms with van der Waals surface area (Å²) in [5.41, 5.74) is 0. The minimum atomic E-state index is 0.934. The van der Waals surface area contributed by atoms with Crippen molar-refractivity contribution in [2.75, 3.05) is 20.3 Å². The molecule has 0 aromatic heterocycles. The topological polar surface area (TPSA) is 21.3 Å². The summed E-state index contributed by atoms with van der Waals surface area (Å²) in [5, 5.41) is 2.69.